The lowest BCUT2D eigenvalue weighted by atomic mass is 9.96. The highest BCUT2D eigenvalue weighted by atomic mass is 35.5. The third kappa shape index (κ3) is 2.74. The van der Waals surface area contributed by atoms with Gasteiger partial charge in [-0.25, -0.2) is 8.42 Å². The zero-order chi connectivity index (χ0) is 13.2. The molecule has 0 bridgehead atoms. The molecule has 0 radical (unpaired) electrons. The summed E-state index contributed by atoms with van der Waals surface area (Å²) in [6.45, 7) is 3.44. The molecular weight excluding hydrogens is 290 g/mol. The van der Waals surface area contributed by atoms with Crippen LogP contribution in [0.3, 0.4) is 0 Å². The van der Waals surface area contributed by atoms with Crippen LogP contribution < -0.4 is 0 Å². The van der Waals surface area contributed by atoms with Gasteiger partial charge >= 0.3 is 0 Å². The highest BCUT2D eigenvalue weighted by Crippen LogP contribution is 2.30. The van der Waals surface area contributed by atoms with Crippen molar-refractivity contribution in [1.82, 2.24) is 4.31 Å². The topological polar surface area (TPSA) is 37.4 Å². The molecule has 1 saturated heterocycles. The lowest BCUT2D eigenvalue weighted by molar-refractivity contribution is 0.269. The van der Waals surface area contributed by atoms with E-state index >= 15 is 0 Å². The van der Waals surface area contributed by atoms with E-state index in [1.165, 1.54) is 11.3 Å². The standard InChI is InChI=1S/C12H18ClNO2S2/c1-2-10-3-6-14(7-4-10)18(15,16)12-5-8-17-11(12)9-13/h5,8,10H,2-4,6-7,9H2,1H3. The second-order valence-corrected chi connectivity index (χ2v) is 7.77. The summed E-state index contributed by atoms with van der Waals surface area (Å²) in [5.41, 5.74) is 0. The van der Waals surface area contributed by atoms with E-state index in [9.17, 15) is 8.42 Å². The minimum atomic E-state index is -3.33. The minimum Gasteiger partial charge on any atom is -0.207 e. The maximum Gasteiger partial charge on any atom is 0.244 e. The van der Waals surface area contributed by atoms with Crippen molar-refractivity contribution in [3.63, 3.8) is 0 Å². The third-order valence-corrected chi connectivity index (χ3v) is 7.05. The molecule has 0 aliphatic carbocycles. The maximum absolute atomic E-state index is 12.5. The van der Waals surface area contributed by atoms with Gasteiger partial charge in [0.1, 0.15) is 0 Å². The van der Waals surface area contributed by atoms with Crippen LogP contribution in [0.25, 0.3) is 0 Å². The number of hydrogen-bond donors (Lipinski definition) is 0. The number of piperidine rings is 1. The average Bonchev–Trinajstić information content (AvgIpc) is 2.88. The van der Waals surface area contributed by atoms with Gasteiger partial charge in [-0.05, 0) is 30.2 Å². The van der Waals surface area contributed by atoms with Crippen molar-refractivity contribution in [2.45, 2.75) is 37.0 Å². The fourth-order valence-electron chi connectivity index (χ4n) is 2.35. The molecule has 1 aliphatic rings. The average molecular weight is 308 g/mol. The first kappa shape index (κ1) is 14.3. The Morgan fingerprint density at radius 1 is 1.44 bits per heavy atom. The van der Waals surface area contributed by atoms with Crippen molar-refractivity contribution in [1.29, 1.82) is 0 Å². The van der Waals surface area contributed by atoms with Gasteiger partial charge in [0.2, 0.25) is 10.0 Å². The van der Waals surface area contributed by atoms with E-state index in [0.29, 0.717) is 23.9 Å². The van der Waals surface area contributed by atoms with Crippen LogP contribution >= 0.6 is 22.9 Å². The van der Waals surface area contributed by atoms with Gasteiger partial charge in [0, 0.05) is 18.0 Å². The van der Waals surface area contributed by atoms with E-state index < -0.39 is 10.0 Å². The molecule has 0 aromatic carbocycles. The summed E-state index contributed by atoms with van der Waals surface area (Å²) in [6.07, 6.45) is 3.07. The lowest BCUT2D eigenvalue weighted by Gasteiger charge is -2.30. The Balaban J connectivity index is 2.17. The van der Waals surface area contributed by atoms with Gasteiger partial charge in [0.25, 0.3) is 0 Å². The molecule has 102 valence electrons. The molecule has 1 fully saturated rings. The smallest absolute Gasteiger partial charge is 0.207 e. The second-order valence-electron chi connectivity index (χ2n) is 4.60. The first-order valence-corrected chi connectivity index (χ1v) is 9.07. The molecule has 2 heterocycles. The van der Waals surface area contributed by atoms with Gasteiger partial charge in [0.15, 0.2) is 0 Å². The molecule has 0 unspecified atom stereocenters. The summed E-state index contributed by atoms with van der Waals surface area (Å²) in [5.74, 6) is 0.934. The Morgan fingerprint density at radius 2 is 2.11 bits per heavy atom. The molecule has 18 heavy (non-hydrogen) atoms. The van der Waals surface area contributed by atoms with E-state index in [4.69, 9.17) is 11.6 Å². The number of alkyl halides is 1. The number of sulfonamides is 1. The molecule has 0 N–H and O–H groups in total. The molecule has 1 aromatic rings. The van der Waals surface area contributed by atoms with Gasteiger partial charge < -0.3 is 0 Å². The number of halogens is 1. The second kappa shape index (κ2) is 5.90. The zero-order valence-corrected chi connectivity index (χ0v) is 12.8. The highest BCUT2D eigenvalue weighted by Gasteiger charge is 2.30. The highest BCUT2D eigenvalue weighted by molar-refractivity contribution is 7.89. The normalized spacial score (nSPS) is 19.2. The molecular formula is C12H18ClNO2S2. The van der Waals surface area contributed by atoms with Crippen molar-refractivity contribution >= 4 is 33.0 Å². The molecule has 3 nitrogen and oxygen atoms in total. The van der Waals surface area contributed by atoms with Crippen LogP contribution in [0, 0.1) is 5.92 Å². The van der Waals surface area contributed by atoms with Gasteiger partial charge in [-0.1, -0.05) is 13.3 Å². The number of thiophene rings is 1. The van der Waals surface area contributed by atoms with Crippen LogP contribution in [-0.2, 0) is 15.9 Å². The first-order valence-electron chi connectivity index (χ1n) is 6.22. The molecule has 2 rings (SSSR count). The predicted molar refractivity (Wildman–Crippen MR) is 75.6 cm³/mol. The van der Waals surface area contributed by atoms with Crippen LogP contribution in [0.5, 0.6) is 0 Å². The summed E-state index contributed by atoms with van der Waals surface area (Å²) in [4.78, 5) is 1.15. The largest absolute Gasteiger partial charge is 0.244 e. The summed E-state index contributed by atoms with van der Waals surface area (Å²) in [7, 11) is -3.33. The van der Waals surface area contributed by atoms with Gasteiger partial charge in [0.05, 0.1) is 10.8 Å². The number of rotatable bonds is 4. The summed E-state index contributed by atoms with van der Waals surface area (Å²) < 4.78 is 26.6. The van der Waals surface area contributed by atoms with Gasteiger partial charge in [-0.15, -0.1) is 22.9 Å². The molecule has 0 spiro atoms. The van der Waals surface area contributed by atoms with Crippen molar-refractivity contribution in [2.75, 3.05) is 13.1 Å². The lowest BCUT2D eigenvalue weighted by Crippen LogP contribution is -2.38. The van der Waals surface area contributed by atoms with E-state index in [1.54, 1.807) is 15.8 Å². The van der Waals surface area contributed by atoms with Crippen LogP contribution in [0.15, 0.2) is 16.3 Å². The molecule has 0 atom stereocenters. The van der Waals surface area contributed by atoms with Crippen LogP contribution in [0.4, 0.5) is 0 Å². The Hall–Kier alpha value is -0.100. The van der Waals surface area contributed by atoms with E-state index in [2.05, 4.69) is 6.92 Å². The van der Waals surface area contributed by atoms with Gasteiger partial charge in [-0.3, -0.25) is 0 Å². The van der Waals surface area contributed by atoms with E-state index in [0.717, 1.165) is 24.1 Å². The van der Waals surface area contributed by atoms with E-state index in [1.807, 2.05) is 0 Å². The molecule has 0 saturated carbocycles. The monoisotopic (exact) mass is 307 g/mol. The van der Waals surface area contributed by atoms with Crippen molar-refractivity contribution in [3.05, 3.63) is 16.3 Å². The Bertz CT molecular complexity index is 490. The Labute approximate surface area is 118 Å². The number of nitrogens with zero attached hydrogens (tertiary/aromatic N) is 1. The van der Waals surface area contributed by atoms with Crippen LogP contribution in [0.1, 0.15) is 31.1 Å². The van der Waals surface area contributed by atoms with Crippen molar-refractivity contribution < 1.29 is 8.42 Å². The van der Waals surface area contributed by atoms with Crippen LogP contribution in [-0.4, -0.2) is 25.8 Å². The fourth-order valence-corrected chi connectivity index (χ4v) is 5.50. The third-order valence-electron chi connectivity index (χ3n) is 3.59. The number of hydrogen-bond acceptors (Lipinski definition) is 3. The first-order chi connectivity index (χ1) is 8.59. The SMILES string of the molecule is CCC1CCN(S(=O)(=O)c2ccsc2CCl)CC1. The Morgan fingerprint density at radius 3 is 2.67 bits per heavy atom. The molecule has 1 aromatic heterocycles. The Kier molecular flexibility index (Phi) is 4.69. The van der Waals surface area contributed by atoms with Gasteiger partial charge in [-0.2, -0.15) is 4.31 Å². The van der Waals surface area contributed by atoms with Crippen molar-refractivity contribution in [2.24, 2.45) is 5.92 Å². The van der Waals surface area contributed by atoms with Crippen molar-refractivity contribution in [3.8, 4) is 0 Å². The molecule has 6 heteroatoms. The maximum atomic E-state index is 12.5. The van der Waals surface area contributed by atoms with Crippen LogP contribution in [0.2, 0.25) is 0 Å². The van der Waals surface area contributed by atoms with E-state index in [-0.39, 0.29) is 5.88 Å². The summed E-state index contributed by atoms with van der Waals surface area (Å²) in [6, 6.07) is 1.67. The molecule has 0 amide bonds. The fraction of sp³-hybridized carbons (Fsp3) is 0.667. The summed E-state index contributed by atoms with van der Waals surface area (Å²) >= 11 is 7.20. The minimum absolute atomic E-state index is 0.262. The summed E-state index contributed by atoms with van der Waals surface area (Å²) in [5, 5.41) is 1.80. The predicted octanol–water partition coefficient (Wildman–Crippen LogP) is 3.30. The molecule has 1 aliphatic heterocycles. The quantitative estimate of drug-likeness (QED) is 0.800. The zero-order valence-electron chi connectivity index (χ0n) is 10.4.